The molecular weight excluding hydrogens is 518 g/mol. The lowest BCUT2D eigenvalue weighted by molar-refractivity contribution is -0.145. The van der Waals surface area contributed by atoms with Gasteiger partial charge in [-0.2, -0.15) is 0 Å². The summed E-state index contributed by atoms with van der Waals surface area (Å²) in [7, 11) is 0. The van der Waals surface area contributed by atoms with E-state index < -0.39 is 29.1 Å². The molecule has 8 nitrogen and oxygen atoms in total. The van der Waals surface area contributed by atoms with E-state index in [4.69, 9.17) is 4.74 Å². The predicted molar refractivity (Wildman–Crippen MR) is 156 cm³/mol. The molecule has 2 aromatic carbocycles. The van der Waals surface area contributed by atoms with Crippen molar-refractivity contribution in [1.29, 1.82) is 0 Å². The largest absolute Gasteiger partial charge is 0.396 e. The van der Waals surface area contributed by atoms with Gasteiger partial charge in [-0.05, 0) is 49.9 Å². The zero-order chi connectivity index (χ0) is 28.9. The molecule has 1 unspecified atom stereocenters. The first kappa shape index (κ1) is 27.4. The van der Waals surface area contributed by atoms with E-state index in [9.17, 15) is 19.5 Å². The van der Waals surface area contributed by atoms with Gasteiger partial charge in [0, 0.05) is 37.6 Å². The van der Waals surface area contributed by atoms with Crippen molar-refractivity contribution in [2.75, 3.05) is 36.0 Å². The highest BCUT2D eigenvalue weighted by Gasteiger charge is 2.75. The number of carbonyl (C=O) groups excluding carboxylic acids is 3. The molecule has 4 aliphatic rings. The van der Waals surface area contributed by atoms with Gasteiger partial charge in [0.25, 0.3) is 5.91 Å². The number of aliphatic hydroxyl groups is 1. The summed E-state index contributed by atoms with van der Waals surface area (Å²) in [6, 6.07) is 14.4. The second-order valence-electron chi connectivity index (χ2n) is 11.5. The molecule has 0 bridgehead atoms. The summed E-state index contributed by atoms with van der Waals surface area (Å²) in [5, 5.41) is 9.69. The van der Waals surface area contributed by atoms with Crippen molar-refractivity contribution in [3.8, 4) is 0 Å². The lowest BCUT2D eigenvalue weighted by Crippen LogP contribution is -2.56. The van der Waals surface area contributed by atoms with Crippen LogP contribution in [0, 0.1) is 25.7 Å². The number of aliphatic hydroxyl groups excluding tert-OH is 1. The van der Waals surface area contributed by atoms with Crippen molar-refractivity contribution < 1.29 is 24.2 Å². The molecule has 0 radical (unpaired) electrons. The molecule has 214 valence electrons. The molecular formula is C33H37N3O5. The Morgan fingerprint density at radius 1 is 0.854 bits per heavy atom. The number of aryl methyl sites for hydroxylation is 2. The molecule has 1 N–H and O–H groups in total. The van der Waals surface area contributed by atoms with Crippen molar-refractivity contribution in [3.05, 3.63) is 84.0 Å². The van der Waals surface area contributed by atoms with Crippen molar-refractivity contribution in [2.24, 2.45) is 11.8 Å². The maximum Gasteiger partial charge on any atom is 0.253 e. The average molecular weight is 556 g/mol. The lowest BCUT2D eigenvalue weighted by atomic mass is 9.73. The van der Waals surface area contributed by atoms with Crippen LogP contribution in [0.4, 0.5) is 11.4 Å². The number of likely N-dealkylation sites (tertiary alicyclic amines) is 1. The van der Waals surface area contributed by atoms with Crippen LogP contribution in [-0.4, -0.2) is 71.2 Å². The van der Waals surface area contributed by atoms with Gasteiger partial charge < -0.3 is 24.5 Å². The third kappa shape index (κ3) is 3.99. The fraction of sp³-hybridized carbons (Fsp3) is 0.424. The number of anilines is 2. The number of amides is 3. The molecule has 5 atom stereocenters. The number of ether oxygens (including phenoxy) is 1. The highest BCUT2D eigenvalue weighted by Crippen LogP contribution is 2.59. The molecule has 41 heavy (non-hydrogen) atoms. The van der Waals surface area contributed by atoms with E-state index in [-0.39, 0.29) is 30.9 Å². The lowest BCUT2D eigenvalue weighted by Gasteiger charge is -2.38. The normalized spacial score (nSPS) is 30.8. The molecule has 0 aromatic heterocycles. The predicted octanol–water partition coefficient (Wildman–Crippen LogP) is 3.55. The van der Waals surface area contributed by atoms with Crippen LogP contribution in [0.3, 0.4) is 0 Å². The quantitative estimate of drug-likeness (QED) is 0.551. The van der Waals surface area contributed by atoms with Crippen LogP contribution in [0.2, 0.25) is 0 Å². The average Bonchev–Trinajstić information content (AvgIpc) is 3.25. The number of benzene rings is 2. The Kier molecular flexibility index (Phi) is 6.86. The molecule has 2 saturated heterocycles. The maximum absolute atomic E-state index is 14.7. The summed E-state index contributed by atoms with van der Waals surface area (Å²) in [5.74, 6) is -2.39. The molecule has 3 amide bonds. The van der Waals surface area contributed by atoms with E-state index >= 15 is 0 Å². The molecule has 2 fully saturated rings. The molecule has 2 aromatic rings. The van der Waals surface area contributed by atoms with Crippen LogP contribution in [0.25, 0.3) is 0 Å². The Hall–Kier alpha value is -3.75. The van der Waals surface area contributed by atoms with Crippen LogP contribution in [0.1, 0.15) is 30.9 Å². The first-order valence-electron chi connectivity index (χ1n) is 14.5. The van der Waals surface area contributed by atoms with Gasteiger partial charge in [-0.25, -0.2) is 0 Å². The van der Waals surface area contributed by atoms with Gasteiger partial charge in [-0.3, -0.25) is 14.4 Å². The maximum atomic E-state index is 14.7. The van der Waals surface area contributed by atoms with E-state index in [2.05, 4.69) is 0 Å². The number of carbonyl (C=O) groups is 3. The van der Waals surface area contributed by atoms with Crippen LogP contribution in [-0.2, 0) is 19.1 Å². The Bertz CT molecular complexity index is 1420. The second kappa shape index (κ2) is 10.3. The minimum absolute atomic E-state index is 0.120. The van der Waals surface area contributed by atoms with Gasteiger partial charge in [0.2, 0.25) is 11.8 Å². The van der Waals surface area contributed by atoms with Crippen LogP contribution >= 0.6 is 0 Å². The molecule has 1 spiro atoms. The number of fused-ring (bicyclic) bond motifs is 2. The zero-order valence-electron chi connectivity index (χ0n) is 23.8. The summed E-state index contributed by atoms with van der Waals surface area (Å²) in [5.41, 5.74) is 1.13. The van der Waals surface area contributed by atoms with Crippen LogP contribution < -0.4 is 9.80 Å². The third-order valence-corrected chi connectivity index (χ3v) is 9.27. The van der Waals surface area contributed by atoms with E-state index in [0.29, 0.717) is 25.9 Å². The van der Waals surface area contributed by atoms with E-state index in [1.807, 2.05) is 93.6 Å². The second-order valence-corrected chi connectivity index (χ2v) is 11.5. The van der Waals surface area contributed by atoms with E-state index in [0.717, 1.165) is 22.5 Å². The fourth-order valence-corrected chi connectivity index (χ4v) is 7.51. The summed E-state index contributed by atoms with van der Waals surface area (Å²) in [6.07, 6.45) is 8.47. The van der Waals surface area contributed by atoms with Crippen molar-refractivity contribution in [3.63, 3.8) is 0 Å². The number of para-hydroxylation sites is 2. The van der Waals surface area contributed by atoms with E-state index in [1.54, 1.807) is 14.7 Å². The highest BCUT2D eigenvalue weighted by molar-refractivity contribution is 6.08. The summed E-state index contributed by atoms with van der Waals surface area (Å²) < 4.78 is 7.03. The summed E-state index contributed by atoms with van der Waals surface area (Å²) in [6.45, 7) is 6.68. The Morgan fingerprint density at radius 3 is 2.22 bits per heavy atom. The molecule has 4 aliphatic heterocycles. The monoisotopic (exact) mass is 555 g/mol. The molecule has 0 saturated carbocycles. The number of nitrogens with zero attached hydrogens (tertiary/aromatic N) is 3. The van der Waals surface area contributed by atoms with Gasteiger partial charge >= 0.3 is 0 Å². The molecule has 4 heterocycles. The third-order valence-electron chi connectivity index (χ3n) is 9.27. The Labute approximate surface area is 240 Å². The van der Waals surface area contributed by atoms with Gasteiger partial charge in [0.15, 0.2) is 0 Å². The van der Waals surface area contributed by atoms with Gasteiger partial charge in [0.1, 0.15) is 11.6 Å². The van der Waals surface area contributed by atoms with Crippen molar-refractivity contribution in [1.82, 2.24) is 4.90 Å². The van der Waals surface area contributed by atoms with Gasteiger partial charge in [0.05, 0.1) is 17.4 Å². The first-order chi connectivity index (χ1) is 19.8. The Morgan fingerprint density at radius 2 is 1.54 bits per heavy atom. The number of hydrogen-bond donors (Lipinski definition) is 1. The summed E-state index contributed by atoms with van der Waals surface area (Å²) >= 11 is 0. The first-order valence-corrected chi connectivity index (χ1v) is 14.5. The summed E-state index contributed by atoms with van der Waals surface area (Å²) in [4.78, 5) is 48.6. The van der Waals surface area contributed by atoms with Gasteiger partial charge in [-0.15, -0.1) is 0 Å². The van der Waals surface area contributed by atoms with Crippen LogP contribution in [0.15, 0.2) is 72.8 Å². The molecule has 8 heteroatoms. The molecule has 6 rings (SSSR count). The number of hydrogen-bond acceptors (Lipinski definition) is 5. The zero-order valence-corrected chi connectivity index (χ0v) is 23.8. The standard InChI is InChI=1S/C33H37N3O5/c1-4-32-16-9-18-34(24-14-6-5-7-15-24)29(38)25(32)26-30(39)36(20-11-21-37)28-31(40)35(19-10-17-33(26,28)41-32)27-22(2)12-8-13-23(27)3/h5-10,12-17,25-26,28,37H,4,11,18-21H2,1-3H3/t25-,26-,28?,32+,33-/m0/s1. The Balaban J connectivity index is 1.50. The minimum atomic E-state index is -1.32. The topological polar surface area (TPSA) is 90.4 Å². The fourth-order valence-electron chi connectivity index (χ4n) is 7.51. The van der Waals surface area contributed by atoms with Crippen molar-refractivity contribution in [2.45, 2.75) is 50.9 Å². The highest BCUT2D eigenvalue weighted by atomic mass is 16.5. The number of rotatable bonds is 6. The van der Waals surface area contributed by atoms with Crippen LogP contribution in [0.5, 0.6) is 0 Å². The van der Waals surface area contributed by atoms with Crippen molar-refractivity contribution >= 4 is 29.1 Å². The minimum Gasteiger partial charge on any atom is -0.396 e. The van der Waals surface area contributed by atoms with Gasteiger partial charge in [-0.1, -0.05) is 67.6 Å². The SMILES string of the molecule is CC[C@@]12C=CCN(c3ccccc3)C(=O)[C@@H]1[C@H]1C(=O)N(CCCO)C3C(=O)N(c4c(C)cccc4C)CC=C[C@@]31O2. The molecule has 0 aliphatic carbocycles. The smallest absolute Gasteiger partial charge is 0.253 e. The van der Waals surface area contributed by atoms with E-state index in [1.165, 1.54) is 0 Å².